The molecule has 114 valence electrons. The van der Waals surface area contributed by atoms with Crippen molar-refractivity contribution in [3.63, 3.8) is 0 Å². The number of carbonyl (C=O) groups is 1. The zero-order chi connectivity index (χ0) is 15.7. The van der Waals surface area contributed by atoms with Gasteiger partial charge in [0.15, 0.2) is 5.82 Å². The van der Waals surface area contributed by atoms with E-state index in [2.05, 4.69) is 15.9 Å². The van der Waals surface area contributed by atoms with Gasteiger partial charge in [0.25, 0.3) is 5.69 Å². The van der Waals surface area contributed by atoms with Gasteiger partial charge in [-0.05, 0) is 28.9 Å². The highest BCUT2D eigenvalue weighted by Crippen LogP contribution is 2.33. The van der Waals surface area contributed by atoms with Crippen molar-refractivity contribution < 1.29 is 14.1 Å². The van der Waals surface area contributed by atoms with Crippen LogP contribution in [-0.4, -0.2) is 41.4 Å². The van der Waals surface area contributed by atoms with Crippen LogP contribution in [0.3, 0.4) is 0 Å². The molecule has 1 aromatic carbocycles. The third-order valence-corrected chi connectivity index (χ3v) is 4.22. The molecule has 2 rings (SSSR count). The van der Waals surface area contributed by atoms with Crippen LogP contribution >= 0.6 is 15.9 Å². The maximum absolute atomic E-state index is 14.1. The van der Waals surface area contributed by atoms with Gasteiger partial charge in [0, 0.05) is 32.6 Å². The van der Waals surface area contributed by atoms with E-state index in [4.69, 9.17) is 0 Å². The minimum atomic E-state index is -0.632. The summed E-state index contributed by atoms with van der Waals surface area (Å²) in [5, 5.41) is 10.8. The zero-order valence-corrected chi connectivity index (χ0v) is 13.3. The average Bonchev–Trinajstić information content (AvgIpc) is 2.40. The normalized spacial score (nSPS) is 18.8. The molecule has 8 heteroatoms. The number of nitro benzene ring substituents is 1. The van der Waals surface area contributed by atoms with Crippen molar-refractivity contribution in [3.8, 4) is 0 Å². The number of rotatable bonds is 2. The number of amides is 1. The number of nitrogens with zero attached hydrogens (tertiary/aromatic N) is 3. The van der Waals surface area contributed by atoms with Gasteiger partial charge in [-0.25, -0.2) is 4.39 Å². The highest BCUT2D eigenvalue weighted by Gasteiger charge is 2.28. The van der Waals surface area contributed by atoms with E-state index in [1.165, 1.54) is 13.0 Å². The number of carbonyl (C=O) groups excluding carboxylic acids is 1. The molecule has 1 amide bonds. The molecule has 0 N–H and O–H groups in total. The maximum Gasteiger partial charge on any atom is 0.286 e. The third kappa shape index (κ3) is 3.15. The van der Waals surface area contributed by atoms with E-state index in [0.717, 1.165) is 6.07 Å². The Kier molecular flexibility index (Phi) is 4.46. The summed E-state index contributed by atoms with van der Waals surface area (Å²) >= 11 is 3.10. The Hall–Kier alpha value is -1.70. The van der Waals surface area contributed by atoms with E-state index < -0.39 is 10.7 Å². The van der Waals surface area contributed by atoms with Crippen LogP contribution in [0, 0.1) is 15.9 Å². The summed E-state index contributed by atoms with van der Waals surface area (Å²) in [4.78, 5) is 25.1. The molecule has 0 aliphatic carbocycles. The van der Waals surface area contributed by atoms with Crippen molar-refractivity contribution in [2.75, 3.05) is 24.5 Å². The van der Waals surface area contributed by atoms with E-state index in [1.54, 1.807) is 9.80 Å². The lowest BCUT2D eigenvalue weighted by Gasteiger charge is -2.40. The molecule has 1 aliphatic heterocycles. The van der Waals surface area contributed by atoms with Crippen LogP contribution in [-0.2, 0) is 4.79 Å². The molecular formula is C13H15BrFN3O3. The Morgan fingerprint density at radius 3 is 2.67 bits per heavy atom. The van der Waals surface area contributed by atoms with Crippen molar-refractivity contribution in [1.29, 1.82) is 0 Å². The highest BCUT2D eigenvalue weighted by molar-refractivity contribution is 9.10. The van der Waals surface area contributed by atoms with E-state index in [-0.39, 0.29) is 22.1 Å². The Labute approximate surface area is 129 Å². The molecule has 0 radical (unpaired) electrons. The first-order valence-electron chi connectivity index (χ1n) is 6.47. The fraction of sp³-hybridized carbons (Fsp3) is 0.462. The van der Waals surface area contributed by atoms with Gasteiger partial charge >= 0.3 is 0 Å². The van der Waals surface area contributed by atoms with Gasteiger partial charge < -0.3 is 9.80 Å². The van der Waals surface area contributed by atoms with Crippen molar-refractivity contribution in [2.45, 2.75) is 19.9 Å². The Balaban J connectivity index is 2.26. The fourth-order valence-corrected chi connectivity index (χ4v) is 3.03. The lowest BCUT2D eigenvalue weighted by molar-refractivity contribution is -0.385. The molecule has 1 aromatic rings. The van der Waals surface area contributed by atoms with Crippen molar-refractivity contribution >= 4 is 33.2 Å². The molecule has 1 atom stereocenters. The summed E-state index contributed by atoms with van der Waals surface area (Å²) < 4.78 is 14.4. The van der Waals surface area contributed by atoms with Gasteiger partial charge in [-0.2, -0.15) is 0 Å². The monoisotopic (exact) mass is 359 g/mol. The second-order valence-electron chi connectivity index (χ2n) is 5.02. The largest absolute Gasteiger partial charge is 0.365 e. The summed E-state index contributed by atoms with van der Waals surface area (Å²) in [7, 11) is 0. The maximum atomic E-state index is 14.1. The summed E-state index contributed by atoms with van der Waals surface area (Å²) in [6.45, 7) is 4.89. The van der Waals surface area contributed by atoms with Crippen LogP contribution in [0.2, 0.25) is 0 Å². The molecular weight excluding hydrogens is 345 g/mol. The van der Waals surface area contributed by atoms with Crippen LogP contribution < -0.4 is 4.90 Å². The molecule has 6 nitrogen and oxygen atoms in total. The number of halogens is 2. The predicted octanol–water partition coefficient (Wildman–Crippen LogP) is 2.55. The van der Waals surface area contributed by atoms with Gasteiger partial charge in [0.05, 0.1) is 21.1 Å². The molecule has 1 saturated heterocycles. The number of nitro groups is 1. The van der Waals surface area contributed by atoms with Crippen molar-refractivity contribution in [3.05, 3.63) is 32.5 Å². The minimum Gasteiger partial charge on any atom is -0.365 e. The van der Waals surface area contributed by atoms with E-state index >= 15 is 0 Å². The Morgan fingerprint density at radius 1 is 1.48 bits per heavy atom. The number of benzene rings is 1. The standard InChI is InChI=1S/C13H15BrFN3O3/c1-8-7-16(3-4-17(8)9(2)19)13-5-10(14)12(18(20)21)6-11(13)15/h5-6,8H,3-4,7H2,1-2H3. The highest BCUT2D eigenvalue weighted by atomic mass is 79.9. The van der Waals surface area contributed by atoms with E-state index in [9.17, 15) is 19.3 Å². The molecule has 0 spiro atoms. The number of hydrogen-bond donors (Lipinski definition) is 0. The van der Waals surface area contributed by atoms with E-state index in [0.29, 0.717) is 25.3 Å². The molecule has 1 fully saturated rings. The summed E-state index contributed by atoms with van der Waals surface area (Å²) in [6, 6.07) is 2.30. The lowest BCUT2D eigenvalue weighted by atomic mass is 10.1. The van der Waals surface area contributed by atoms with Crippen LogP contribution in [0.1, 0.15) is 13.8 Å². The smallest absolute Gasteiger partial charge is 0.286 e. The molecule has 21 heavy (non-hydrogen) atoms. The summed E-state index contributed by atoms with van der Waals surface area (Å²) in [5.41, 5.74) is 0.00852. The first-order valence-corrected chi connectivity index (χ1v) is 7.26. The van der Waals surface area contributed by atoms with Gasteiger partial charge in [0.1, 0.15) is 0 Å². The minimum absolute atomic E-state index is 0.00694. The Bertz CT molecular complexity index is 596. The van der Waals surface area contributed by atoms with Crippen LogP contribution in [0.5, 0.6) is 0 Å². The Morgan fingerprint density at radius 2 is 2.14 bits per heavy atom. The quantitative estimate of drug-likeness (QED) is 0.601. The predicted molar refractivity (Wildman–Crippen MR) is 79.8 cm³/mol. The lowest BCUT2D eigenvalue weighted by Crippen LogP contribution is -2.53. The molecule has 1 unspecified atom stereocenters. The number of hydrogen-bond acceptors (Lipinski definition) is 4. The summed E-state index contributed by atoms with van der Waals surface area (Å²) in [6.07, 6.45) is 0. The van der Waals surface area contributed by atoms with Gasteiger partial charge in [-0.3, -0.25) is 14.9 Å². The zero-order valence-electron chi connectivity index (χ0n) is 11.7. The third-order valence-electron chi connectivity index (χ3n) is 3.59. The second-order valence-corrected chi connectivity index (χ2v) is 5.87. The molecule has 0 bridgehead atoms. The van der Waals surface area contributed by atoms with Crippen molar-refractivity contribution in [2.24, 2.45) is 0 Å². The average molecular weight is 360 g/mol. The molecule has 1 heterocycles. The molecule has 0 aromatic heterocycles. The van der Waals surface area contributed by atoms with Crippen LogP contribution in [0.25, 0.3) is 0 Å². The topological polar surface area (TPSA) is 66.7 Å². The van der Waals surface area contributed by atoms with E-state index in [1.807, 2.05) is 6.92 Å². The fourth-order valence-electron chi connectivity index (χ4n) is 2.55. The second kappa shape index (κ2) is 5.97. The molecule has 0 saturated carbocycles. The van der Waals surface area contributed by atoms with Crippen molar-refractivity contribution in [1.82, 2.24) is 4.90 Å². The number of anilines is 1. The van der Waals surface area contributed by atoms with Crippen LogP contribution in [0.15, 0.2) is 16.6 Å². The van der Waals surface area contributed by atoms with Gasteiger partial charge in [0.2, 0.25) is 5.91 Å². The first-order chi connectivity index (χ1) is 9.81. The molecule has 1 aliphatic rings. The number of piperazine rings is 1. The SMILES string of the molecule is CC(=O)N1CCN(c2cc(Br)c([N+](=O)[O-])cc2F)CC1C. The van der Waals surface area contributed by atoms with Crippen LogP contribution in [0.4, 0.5) is 15.8 Å². The van der Waals surface area contributed by atoms with Gasteiger partial charge in [-0.15, -0.1) is 0 Å². The van der Waals surface area contributed by atoms with Gasteiger partial charge in [-0.1, -0.05) is 0 Å². The first kappa shape index (κ1) is 15.7. The summed E-state index contributed by atoms with van der Waals surface area (Å²) in [5.74, 6) is -0.638.